The number of halogens is 2. The molecule has 0 aliphatic heterocycles. The molecule has 0 aliphatic rings. The van der Waals surface area contributed by atoms with E-state index in [-0.39, 0.29) is 28.2 Å². The third-order valence-corrected chi connectivity index (χ3v) is 3.85. The molecule has 1 unspecified atom stereocenters. The standard InChI is InChI=1S/C19H22Cl2N2O2/c1-7-22-18(23-11(2)3)15(17(25)19(4,5)6)16(24)13-9-8-12(20)10-14(13)21/h8-11,15H,1H2,2-6H3. The van der Waals surface area contributed by atoms with E-state index in [1.165, 1.54) is 12.1 Å². The summed E-state index contributed by atoms with van der Waals surface area (Å²) in [6, 6.07) is 4.36. The Morgan fingerprint density at radius 3 is 2.24 bits per heavy atom. The highest BCUT2D eigenvalue weighted by Gasteiger charge is 2.39. The maximum absolute atomic E-state index is 13.1. The number of rotatable bonds is 5. The molecule has 0 radical (unpaired) electrons. The highest BCUT2D eigenvalue weighted by Crippen LogP contribution is 2.29. The summed E-state index contributed by atoms with van der Waals surface area (Å²) in [6.45, 7) is 12.3. The van der Waals surface area contributed by atoms with E-state index in [4.69, 9.17) is 23.2 Å². The zero-order chi connectivity index (χ0) is 19.4. The highest BCUT2D eigenvalue weighted by atomic mass is 35.5. The summed E-state index contributed by atoms with van der Waals surface area (Å²) < 4.78 is 0. The van der Waals surface area contributed by atoms with Crippen molar-refractivity contribution in [2.24, 2.45) is 21.3 Å². The van der Waals surface area contributed by atoms with Gasteiger partial charge in [0.05, 0.1) is 5.02 Å². The molecule has 0 fully saturated rings. The molecule has 0 aliphatic carbocycles. The van der Waals surface area contributed by atoms with Crippen LogP contribution in [0.2, 0.25) is 10.0 Å². The van der Waals surface area contributed by atoms with Crippen molar-refractivity contribution in [3.05, 3.63) is 40.4 Å². The average molecular weight is 381 g/mol. The second-order valence-electron chi connectivity index (χ2n) is 6.89. The van der Waals surface area contributed by atoms with Gasteiger partial charge in [0.25, 0.3) is 0 Å². The molecule has 6 heteroatoms. The second-order valence-corrected chi connectivity index (χ2v) is 7.73. The fourth-order valence-electron chi connectivity index (χ4n) is 2.14. The zero-order valence-electron chi connectivity index (χ0n) is 15.1. The van der Waals surface area contributed by atoms with Crippen LogP contribution in [0.4, 0.5) is 0 Å². The quantitative estimate of drug-likeness (QED) is 0.309. The Bertz CT molecular complexity index is 755. The highest BCUT2D eigenvalue weighted by molar-refractivity contribution is 6.38. The van der Waals surface area contributed by atoms with Crippen molar-refractivity contribution in [3.8, 4) is 0 Å². The number of Topliss-reactive ketones (excluding diaryl/α,β-unsaturated/α-hetero) is 2. The lowest BCUT2D eigenvalue weighted by molar-refractivity contribution is -0.127. The van der Waals surface area contributed by atoms with Gasteiger partial charge in [-0.2, -0.15) is 4.99 Å². The van der Waals surface area contributed by atoms with Crippen LogP contribution in [0.3, 0.4) is 0 Å². The van der Waals surface area contributed by atoms with Gasteiger partial charge in [-0.3, -0.25) is 14.6 Å². The number of benzene rings is 1. The fraction of sp³-hybridized carbons (Fsp3) is 0.421. The Labute approximate surface area is 158 Å². The largest absolute Gasteiger partial charge is 0.298 e. The third-order valence-electron chi connectivity index (χ3n) is 3.30. The van der Waals surface area contributed by atoms with Crippen molar-refractivity contribution in [1.82, 2.24) is 0 Å². The molecule has 1 aromatic rings. The van der Waals surface area contributed by atoms with Gasteiger partial charge in [0.1, 0.15) is 5.92 Å². The average Bonchev–Trinajstić information content (AvgIpc) is 2.45. The van der Waals surface area contributed by atoms with E-state index in [9.17, 15) is 9.59 Å². The van der Waals surface area contributed by atoms with Gasteiger partial charge in [-0.15, -0.1) is 0 Å². The van der Waals surface area contributed by atoms with Crippen LogP contribution in [0.1, 0.15) is 45.0 Å². The number of carbonyl (C=O) groups excluding carboxylic acids is 2. The Morgan fingerprint density at radius 2 is 1.80 bits per heavy atom. The lowest BCUT2D eigenvalue weighted by atomic mass is 9.79. The van der Waals surface area contributed by atoms with E-state index < -0.39 is 17.1 Å². The molecule has 0 saturated heterocycles. The number of nitrogens with zero attached hydrogens (tertiary/aromatic N) is 2. The minimum Gasteiger partial charge on any atom is -0.298 e. The minimum absolute atomic E-state index is 0.0842. The SMILES string of the molecule is C=C=NC(=NC(C)C)C(C(=O)c1ccc(Cl)cc1Cl)C(=O)C(C)(C)C. The maximum atomic E-state index is 13.1. The summed E-state index contributed by atoms with van der Waals surface area (Å²) in [7, 11) is 0. The molecule has 0 bridgehead atoms. The Morgan fingerprint density at radius 1 is 1.20 bits per heavy atom. The number of hydrogen-bond donors (Lipinski definition) is 0. The van der Waals surface area contributed by atoms with E-state index in [0.29, 0.717) is 5.02 Å². The monoisotopic (exact) mass is 380 g/mol. The van der Waals surface area contributed by atoms with Crippen molar-refractivity contribution in [2.45, 2.75) is 40.7 Å². The number of hydrogen-bond acceptors (Lipinski definition) is 3. The van der Waals surface area contributed by atoms with E-state index in [2.05, 4.69) is 22.4 Å². The molecule has 0 N–H and O–H groups in total. The number of carbonyl (C=O) groups is 2. The van der Waals surface area contributed by atoms with Gasteiger partial charge < -0.3 is 0 Å². The smallest absolute Gasteiger partial charge is 0.182 e. The fourth-order valence-corrected chi connectivity index (χ4v) is 2.65. The predicted molar refractivity (Wildman–Crippen MR) is 104 cm³/mol. The summed E-state index contributed by atoms with van der Waals surface area (Å²) in [5, 5.41) is 0.580. The first kappa shape index (κ1) is 21.3. The van der Waals surface area contributed by atoms with E-state index >= 15 is 0 Å². The Balaban J connectivity index is 3.57. The second kappa shape index (κ2) is 8.57. The lowest BCUT2D eigenvalue weighted by Gasteiger charge is -2.24. The summed E-state index contributed by atoms with van der Waals surface area (Å²) in [6.07, 6.45) is 0. The van der Waals surface area contributed by atoms with Gasteiger partial charge in [0.15, 0.2) is 17.4 Å². The molecular formula is C19H22Cl2N2O2. The van der Waals surface area contributed by atoms with Gasteiger partial charge in [0.2, 0.25) is 0 Å². The number of ketones is 2. The first-order valence-electron chi connectivity index (χ1n) is 7.83. The first-order chi connectivity index (χ1) is 11.5. The predicted octanol–water partition coefficient (Wildman–Crippen LogP) is 5.07. The zero-order valence-corrected chi connectivity index (χ0v) is 16.6. The van der Waals surface area contributed by atoms with Crippen LogP contribution in [0.15, 0.2) is 34.8 Å². The Kier molecular flexibility index (Phi) is 7.30. The van der Waals surface area contributed by atoms with Gasteiger partial charge in [-0.25, -0.2) is 0 Å². The normalized spacial score (nSPS) is 13.4. The van der Waals surface area contributed by atoms with E-state index in [0.717, 1.165) is 0 Å². The third kappa shape index (κ3) is 5.64. The molecule has 0 spiro atoms. The number of amidine groups is 1. The van der Waals surface area contributed by atoms with Crippen LogP contribution < -0.4 is 0 Å². The minimum atomic E-state index is -1.18. The first-order valence-corrected chi connectivity index (χ1v) is 8.58. The molecule has 1 atom stereocenters. The van der Waals surface area contributed by atoms with Crippen LogP contribution >= 0.6 is 23.2 Å². The van der Waals surface area contributed by atoms with Crippen molar-refractivity contribution >= 4 is 46.5 Å². The van der Waals surface area contributed by atoms with Crippen LogP contribution in [-0.4, -0.2) is 29.3 Å². The van der Waals surface area contributed by atoms with Crippen LogP contribution in [-0.2, 0) is 4.79 Å². The molecule has 0 amide bonds. The van der Waals surface area contributed by atoms with Crippen molar-refractivity contribution in [2.75, 3.05) is 0 Å². The lowest BCUT2D eigenvalue weighted by Crippen LogP contribution is -2.39. The summed E-state index contributed by atoms with van der Waals surface area (Å²) in [5.41, 5.74) is -0.572. The van der Waals surface area contributed by atoms with Gasteiger partial charge >= 0.3 is 0 Å². The van der Waals surface area contributed by atoms with Crippen molar-refractivity contribution < 1.29 is 9.59 Å². The summed E-state index contributed by atoms with van der Waals surface area (Å²) in [5.74, 6) is 0.499. The molecule has 25 heavy (non-hydrogen) atoms. The summed E-state index contributed by atoms with van der Waals surface area (Å²) in [4.78, 5) is 34.4. The van der Waals surface area contributed by atoms with Crippen LogP contribution in [0, 0.1) is 11.3 Å². The van der Waals surface area contributed by atoms with E-state index in [1.807, 2.05) is 13.8 Å². The van der Waals surface area contributed by atoms with Crippen LogP contribution in [0.5, 0.6) is 0 Å². The molecule has 0 saturated carbocycles. The number of aliphatic imine (C=N–C) groups is 2. The van der Waals surface area contributed by atoms with Gasteiger partial charge in [0, 0.05) is 22.0 Å². The van der Waals surface area contributed by atoms with Gasteiger partial charge in [-0.05, 0) is 44.5 Å². The summed E-state index contributed by atoms with van der Waals surface area (Å²) >= 11 is 12.1. The van der Waals surface area contributed by atoms with Crippen LogP contribution in [0.25, 0.3) is 0 Å². The van der Waals surface area contributed by atoms with E-state index in [1.54, 1.807) is 26.8 Å². The van der Waals surface area contributed by atoms with Crippen molar-refractivity contribution in [1.29, 1.82) is 0 Å². The topological polar surface area (TPSA) is 58.9 Å². The molecule has 1 aromatic carbocycles. The molecule has 0 aromatic heterocycles. The molecule has 0 heterocycles. The van der Waals surface area contributed by atoms with Gasteiger partial charge in [-0.1, -0.05) is 44.0 Å². The molecule has 4 nitrogen and oxygen atoms in total. The maximum Gasteiger partial charge on any atom is 0.182 e. The Hall–Kier alpha value is -1.74. The molecule has 134 valence electrons. The molecule has 1 rings (SSSR count). The van der Waals surface area contributed by atoms with Crippen molar-refractivity contribution in [3.63, 3.8) is 0 Å². The molecular weight excluding hydrogens is 359 g/mol.